The van der Waals surface area contributed by atoms with E-state index >= 15 is 4.39 Å². The van der Waals surface area contributed by atoms with Crippen molar-refractivity contribution in [3.63, 3.8) is 0 Å². The molecule has 2 heterocycles. The highest BCUT2D eigenvalue weighted by Crippen LogP contribution is 2.42. The first-order valence-corrected chi connectivity index (χ1v) is 7.27. The minimum absolute atomic E-state index is 0.222. The van der Waals surface area contributed by atoms with Crippen molar-refractivity contribution in [2.45, 2.75) is 5.67 Å². The zero-order valence-corrected chi connectivity index (χ0v) is 12.2. The molecule has 4 aromatic rings. The van der Waals surface area contributed by atoms with E-state index in [0.717, 1.165) is 5.39 Å². The number of fused-ring (bicyclic) bond motifs is 1. The second-order valence-electron chi connectivity index (χ2n) is 5.30. The van der Waals surface area contributed by atoms with Gasteiger partial charge >= 0.3 is 0 Å². The van der Waals surface area contributed by atoms with Gasteiger partial charge in [-0.25, -0.2) is 14.4 Å². The molecule has 0 amide bonds. The van der Waals surface area contributed by atoms with Crippen LogP contribution in [-0.2, 0) is 5.67 Å². The van der Waals surface area contributed by atoms with Crippen molar-refractivity contribution in [3.8, 4) is 0 Å². The summed E-state index contributed by atoms with van der Waals surface area (Å²) in [5.74, 6) is 0.222. The number of nitrogens with zero attached hydrogens (tertiary/aromatic N) is 2. The Morgan fingerprint density at radius 2 is 1.52 bits per heavy atom. The summed E-state index contributed by atoms with van der Waals surface area (Å²) in [5.41, 5.74) is -0.474. The van der Waals surface area contributed by atoms with Crippen LogP contribution in [-0.4, -0.2) is 9.97 Å². The third-order valence-corrected chi connectivity index (χ3v) is 3.89. The van der Waals surface area contributed by atoms with Gasteiger partial charge in [0, 0.05) is 28.9 Å². The van der Waals surface area contributed by atoms with Crippen LogP contribution in [0.1, 0.15) is 16.9 Å². The fourth-order valence-corrected chi connectivity index (χ4v) is 2.75. The van der Waals surface area contributed by atoms with Crippen LogP contribution in [0.2, 0.25) is 0 Å². The molecule has 4 heteroatoms. The lowest BCUT2D eigenvalue weighted by Crippen LogP contribution is -2.23. The number of halogens is 1. The molecule has 0 bridgehead atoms. The van der Waals surface area contributed by atoms with E-state index in [2.05, 4.69) is 9.97 Å². The van der Waals surface area contributed by atoms with E-state index in [1.807, 2.05) is 30.3 Å². The van der Waals surface area contributed by atoms with Crippen LogP contribution in [0.4, 0.5) is 4.39 Å². The maximum absolute atomic E-state index is 16.3. The maximum atomic E-state index is 16.3. The Kier molecular flexibility index (Phi) is 3.15. The Bertz CT molecular complexity index is 863. The number of benzene rings is 2. The number of furan rings is 1. The molecular weight excluding hydrogens is 291 g/mol. The molecule has 0 spiro atoms. The first-order valence-electron chi connectivity index (χ1n) is 7.27. The Morgan fingerprint density at radius 3 is 2.26 bits per heavy atom. The number of hydrogen-bond donors (Lipinski definition) is 0. The summed E-state index contributed by atoms with van der Waals surface area (Å²) in [6.07, 6.45) is 4.34. The van der Waals surface area contributed by atoms with Crippen LogP contribution < -0.4 is 0 Å². The number of rotatable bonds is 3. The fourth-order valence-electron chi connectivity index (χ4n) is 2.75. The minimum Gasteiger partial charge on any atom is -0.457 e. The average molecular weight is 304 g/mol. The average Bonchev–Trinajstić information content (AvgIpc) is 3.07. The number of para-hydroxylation sites is 1. The first kappa shape index (κ1) is 13.6. The van der Waals surface area contributed by atoms with Gasteiger partial charge in [0.1, 0.15) is 11.9 Å². The molecule has 112 valence electrons. The molecule has 0 fully saturated rings. The zero-order chi connectivity index (χ0) is 15.7. The van der Waals surface area contributed by atoms with Crippen molar-refractivity contribution in [1.29, 1.82) is 0 Å². The molecule has 0 aliphatic rings. The number of aromatic nitrogens is 2. The lowest BCUT2D eigenvalue weighted by Gasteiger charge is -2.23. The van der Waals surface area contributed by atoms with Crippen molar-refractivity contribution in [1.82, 2.24) is 9.97 Å². The minimum atomic E-state index is -1.94. The molecule has 23 heavy (non-hydrogen) atoms. The molecule has 0 radical (unpaired) electrons. The topological polar surface area (TPSA) is 38.9 Å². The van der Waals surface area contributed by atoms with E-state index in [9.17, 15) is 0 Å². The Labute approximate surface area is 132 Å². The van der Waals surface area contributed by atoms with Crippen molar-refractivity contribution < 1.29 is 8.81 Å². The third kappa shape index (κ3) is 2.19. The van der Waals surface area contributed by atoms with E-state index < -0.39 is 5.67 Å². The van der Waals surface area contributed by atoms with Crippen LogP contribution in [0.25, 0.3) is 11.0 Å². The lowest BCUT2D eigenvalue weighted by atomic mass is 9.87. The summed E-state index contributed by atoms with van der Waals surface area (Å²) in [6.45, 7) is 0. The monoisotopic (exact) mass is 304 g/mol. The summed E-state index contributed by atoms with van der Waals surface area (Å²) >= 11 is 0. The highest BCUT2D eigenvalue weighted by atomic mass is 19.1. The smallest absolute Gasteiger partial charge is 0.221 e. The maximum Gasteiger partial charge on any atom is 0.221 e. The van der Waals surface area contributed by atoms with Crippen molar-refractivity contribution in [3.05, 3.63) is 96.3 Å². The molecule has 1 unspecified atom stereocenters. The van der Waals surface area contributed by atoms with Gasteiger partial charge in [-0.15, -0.1) is 0 Å². The van der Waals surface area contributed by atoms with Gasteiger partial charge in [0.25, 0.3) is 0 Å². The Balaban J connectivity index is 1.99. The van der Waals surface area contributed by atoms with E-state index in [0.29, 0.717) is 16.7 Å². The summed E-state index contributed by atoms with van der Waals surface area (Å²) in [5, 5.41) is 0.859. The highest BCUT2D eigenvalue weighted by Gasteiger charge is 2.40. The van der Waals surface area contributed by atoms with Gasteiger partial charge in [0.2, 0.25) is 5.67 Å². The summed E-state index contributed by atoms with van der Waals surface area (Å²) in [4.78, 5) is 7.93. The predicted octanol–water partition coefficient (Wildman–Crippen LogP) is 4.48. The molecular formula is C19H13FN2O. The van der Waals surface area contributed by atoms with E-state index in [1.165, 1.54) is 18.7 Å². The van der Waals surface area contributed by atoms with Crippen molar-refractivity contribution in [2.75, 3.05) is 0 Å². The molecule has 0 N–H and O–H groups in total. The largest absolute Gasteiger partial charge is 0.457 e. The molecule has 0 aliphatic carbocycles. The standard InChI is InChI=1S/C19H13FN2O/c20-19(15-7-2-1-3-8-15,16-11-21-13-22-12-16)18-10-14-6-4-5-9-17(14)23-18/h1-13H. The van der Waals surface area contributed by atoms with Gasteiger partial charge in [-0.1, -0.05) is 48.5 Å². The second kappa shape index (κ2) is 5.32. The summed E-state index contributed by atoms with van der Waals surface area (Å²) in [6, 6.07) is 18.1. The second-order valence-corrected chi connectivity index (χ2v) is 5.30. The lowest BCUT2D eigenvalue weighted by molar-refractivity contribution is 0.235. The normalized spacial score (nSPS) is 13.8. The quantitative estimate of drug-likeness (QED) is 0.560. The van der Waals surface area contributed by atoms with Crippen molar-refractivity contribution in [2.24, 2.45) is 0 Å². The molecule has 0 aliphatic heterocycles. The molecule has 2 aromatic carbocycles. The van der Waals surface area contributed by atoms with E-state index in [-0.39, 0.29) is 5.76 Å². The number of alkyl halides is 1. The fraction of sp³-hybridized carbons (Fsp3) is 0.0526. The van der Waals surface area contributed by atoms with E-state index in [1.54, 1.807) is 30.3 Å². The van der Waals surface area contributed by atoms with Crippen LogP contribution in [0.3, 0.4) is 0 Å². The molecule has 4 rings (SSSR count). The Hall–Kier alpha value is -3.01. The molecule has 2 aromatic heterocycles. The van der Waals surface area contributed by atoms with Gasteiger partial charge < -0.3 is 4.42 Å². The van der Waals surface area contributed by atoms with Gasteiger partial charge in [0.15, 0.2) is 5.76 Å². The molecule has 0 saturated heterocycles. The summed E-state index contributed by atoms with van der Waals surface area (Å²) < 4.78 is 22.1. The van der Waals surface area contributed by atoms with Crippen LogP contribution in [0.15, 0.2) is 83.8 Å². The predicted molar refractivity (Wildman–Crippen MR) is 85.7 cm³/mol. The van der Waals surface area contributed by atoms with Gasteiger partial charge in [-0.05, 0) is 12.1 Å². The van der Waals surface area contributed by atoms with Gasteiger partial charge in [-0.3, -0.25) is 0 Å². The SMILES string of the molecule is FC(c1ccccc1)(c1cncnc1)c1cc2ccccc2o1. The summed E-state index contributed by atoms with van der Waals surface area (Å²) in [7, 11) is 0. The van der Waals surface area contributed by atoms with Crippen LogP contribution in [0.5, 0.6) is 0 Å². The third-order valence-electron chi connectivity index (χ3n) is 3.89. The number of hydrogen-bond acceptors (Lipinski definition) is 3. The van der Waals surface area contributed by atoms with Crippen LogP contribution in [0, 0.1) is 0 Å². The zero-order valence-electron chi connectivity index (χ0n) is 12.2. The van der Waals surface area contributed by atoms with Crippen molar-refractivity contribution >= 4 is 11.0 Å². The van der Waals surface area contributed by atoms with Gasteiger partial charge in [0.05, 0.1) is 0 Å². The highest BCUT2D eigenvalue weighted by molar-refractivity contribution is 5.78. The van der Waals surface area contributed by atoms with Crippen LogP contribution >= 0.6 is 0 Å². The van der Waals surface area contributed by atoms with E-state index in [4.69, 9.17) is 4.42 Å². The Morgan fingerprint density at radius 1 is 0.826 bits per heavy atom. The molecule has 0 saturated carbocycles. The molecule has 3 nitrogen and oxygen atoms in total. The first-order chi connectivity index (χ1) is 11.3. The van der Waals surface area contributed by atoms with Gasteiger partial charge in [-0.2, -0.15) is 0 Å². The molecule has 1 atom stereocenters.